The van der Waals surface area contributed by atoms with Gasteiger partial charge in [0.25, 0.3) is 0 Å². The molecule has 0 saturated carbocycles. The van der Waals surface area contributed by atoms with Gasteiger partial charge in [0.1, 0.15) is 0 Å². The van der Waals surface area contributed by atoms with E-state index in [2.05, 4.69) is 31.3 Å². The average molecular weight is 238 g/mol. The van der Waals surface area contributed by atoms with Gasteiger partial charge in [-0.3, -0.25) is 0 Å². The first-order valence-electron chi connectivity index (χ1n) is 6.13. The van der Waals surface area contributed by atoms with Gasteiger partial charge in [0.2, 0.25) is 0 Å². The van der Waals surface area contributed by atoms with Crippen LogP contribution >= 0.6 is 11.6 Å². The summed E-state index contributed by atoms with van der Waals surface area (Å²) in [6.07, 6.45) is 2.54. The Morgan fingerprint density at radius 1 is 1.31 bits per heavy atom. The lowest BCUT2D eigenvalue weighted by molar-refractivity contribution is 0.221. The molecule has 1 heterocycles. The normalized spacial score (nSPS) is 20.2. The van der Waals surface area contributed by atoms with E-state index in [-0.39, 0.29) is 0 Å². The standard InChI is InChI=1S/C14H20ClN/c1-3-11(2)8-14(9-16-10-14)12-4-6-13(15)7-5-12/h4-7,11,16H,3,8-10H2,1-2H3. The van der Waals surface area contributed by atoms with Crippen LogP contribution in [0, 0.1) is 5.92 Å². The second-order valence-electron chi connectivity index (χ2n) is 5.11. The molecule has 1 saturated heterocycles. The van der Waals surface area contributed by atoms with Crippen molar-refractivity contribution in [2.45, 2.75) is 32.1 Å². The minimum atomic E-state index is 0.361. The smallest absolute Gasteiger partial charge is 0.0406 e. The average Bonchev–Trinajstić information content (AvgIpc) is 2.24. The van der Waals surface area contributed by atoms with Crippen LogP contribution in [0.3, 0.4) is 0 Å². The molecule has 1 aromatic carbocycles. The Morgan fingerprint density at radius 2 is 1.94 bits per heavy atom. The van der Waals surface area contributed by atoms with Crippen LogP contribution in [-0.4, -0.2) is 13.1 Å². The SMILES string of the molecule is CCC(C)CC1(c2ccc(Cl)cc2)CNC1. The number of benzene rings is 1. The van der Waals surface area contributed by atoms with Gasteiger partial charge in [-0.25, -0.2) is 0 Å². The van der Waals surface area contributed by atoms with Crippen LogP contribution in [0.15, 0.2) is 24.3 Å². The van der Waals surface area contributed by atoms with Crippen LogP contribution < -0.4 is 5.32 Å². The summed E-state index contributed by atoms with van der Waals surface area (Å²) in [5.41, 5.74) is 1.80. The molecule has 2 heteroatoms. The molecule has 0 spiro atoms. The molecule has 0 bridgehead atoms. The lowest BCUT2D eigenvalue weighted by Crippen LogP contribution is -2.57. The molecule has 1 aromatic rings. The van der Waals surface area contributed by atoms with Gasteiger partial charge < -0.3 is 5.32 Å². The minimum Gasteiger partial charge on any atom is -0.315 e. The zero-order valence-corrected chi connectivity index (χ0v) is 10.8. The Hall–Kier alpha value is -0.530. The van der Waals surface area contributed by atoms with Gasteiger partial charge in [-0.05, 0) is 30.0 Å². The summed E-state index contributed by atoms with van der Waals surface area (Å²) in [6, 6.07) is 8.39. The minimum absolute atomic E-state index is 0.361. The first-order valence-corrected chi connectivity index (χ1v) is 6.51. The Balaban J connectivity index is 2.17. The van der Waals surface area contributed by atoms with Gasteiger partial charge in [-0.2, -0.15) is 0 Å². The van der Waals surface area contributed by atoms with Crippen molar-refractivity contribution in [2.75, 3.05) is 13.1 Å². The number of hydrogen-bond acceptors (Lipinski definition) is 1. The van der Waals surface area contributed by atoms with Crippen molar-refractivity contribution in [1.82, 2.24) is 5.32 Å². The van der Waals surface area contributed by atoms with Gasteiger partial charge in [-0.1, -0.05) is 44.0 Å². The van der Waals surface area contributed by atoms with Crippen molar-refractivity contribution in [1.29, 1.82) is 0 Å². The molecule has 16 heavy (non-hydrogen) atoms. The zero-order valence-electron chi connectivity index (χ0n) is 10.1. The van der Waals surface area contributed by atoms with E-state index < -0.39 is 0 Å². The zero-order chi connectivity index (χ0) is 11.6. The fraction of sp³-hybridized carbons (Fsp3) is 0.571. The monoisotopic (exact) mass is 237 g/mol. The third-order valence-electron chi connectivity index (χ3n) is 3.82. The molecule has 1 aliphatic rings. The lowest BCUT2D eigenvalue weighted by Gasteiger charge is -2.45. The van der Waals surface area contributed by atoms with E-state index in [0.29, 0.717) is 5.41 Å². The van der Waals surface area contributed by atoms with Crippen molar-refractivity contribution in [2.24, 2.45) is 5.92 Å². The van der Waals surface area contributed by atoms with Gasteiger partial charge in [0.05, 0.1) is 0 Å². The van der Waals surface area contributed by atoms with E-state index in [1.165, 1.54) is 18.4 Å². The van der Waals surface area contributed by atoms with E-state index in [0.717, 1.165) is 24.0 Å². The molecule has 2 rings (SSSR count). The molecule has 1 nitrogen and oxygen atoms in total. The van der Waals surface area contributed by atoms with E-state index >= 15 is 0 Å². The van der Waals surface area contributed by atoms with Crippen LogP contribution in [-0.2, 0) is 5.41 Å². The Morgan fingerprint density at radius 3 is 2.38 bits per heavy atom. The fourth-order valence-electron chi connectivity index (χ4n) is 2.51. The van der Waals surface area contributed by atoms with E-state index in [1.54, 1.807) is 0 Å². The molecule has 1 unspecified atom stereocenters. The van der Waals surface area contributed by atoms with Crippen molar-refractivity contribution >= 4 is 11.6 Å². The molecule has 0 aromatic heterocycles. The summed E-state index contributed by atoms with van der Waals surface area (Å²) in [6.45, 7) is 6.83. The molecular weight excluding hydrogens is 218 g/mol. The second kappa shape index (κ2) is 4.77. The van der Waals surface area contributed by atoms with Crippen LogP contribution in [0.4, 0.5) is 0 Å². The molecule has 1 atom stereocenters. The van der Waals surface area contributed by atoms with Gasteiger partial charge in [-0.15, -0.1) is 0 Å². The highest BCUT2D eigenvalue weighted by atomic mass is 35.5. The van der Waals surface area contributed by atoms with Crippen molar-refractivity contribution in [3.63, 3.8) is 0 Å². The molecule has 1 N–H and O–H groups in total. The Kier molecular flexibility index (Phi) is 3.56. The summed E-state index contributed by atoms with van der Waals surface area (Å²) in [4.78, 5) is 0. The van der Waals surface area contributed by atoms with E-state index in [4.69, 9.17) is 11.6 Å². The lowest BCUT2D eigenvalue weighted by atomic mass is 9.69. The van der Waals surface area contributed by atoms with Gasteiger partial charge in [0.15, 0.2) is 0 Å². The van der Waals surface area contributed by atoms with Gasteiger partial charge >= 0.3 is 0 Å². The predicted octanol–water partition coefficient (Wildman–Crippen LogP) is 3.62. The topological polar surface area (TPSA) is 12.0 Å². The van der Waals surface area contributed by atoms with Crippen molar-refractivity contribution in [3.8, 4) is 0 Å². The molecule has 88 valence electrons. The predicted molar refractivity (Wildman–Crippen MR) is 70.1 cm³/mol. The molecule has 0 radical (unpaired) electrons. The molecule has 1 aliphatic heterocycles. The largest absolute Gasteiger partial charge is 0.315 e. The third kappa shape index (κ3) is 2.26. The summed E-state index contributed by atoms with van der Waals surface area (Å²) in [7, 11) is 0. The highest BCUT2D eigenvalue weighted by Crippen LogP contribution is 2.36. The van der Waals surface area contributed by atoms with Crippen molar-refractivity contribution in [3.05, 3.63) is 34.9 Å². The number of nitrogens with one attached hydrogen (secondary N) is 1. The molecule has 1 fully saturated rings. The maximum Gasteiger partial charge on any atom is 0.0406 e. The van der Waals surface area contributed by atoms with Crippen LogP contribution in [0.25, 0.3) is 0 Å². The summed E-state index contributed by atoms with van der Waals surface area (Å²) < 4.78 is 0. The number of halogens is 1. The van der Waals surface area contributed by atoms with Crippen LogP contribution in [0.5, 0.6) is 0 Å². The van der Waals surface area contributed by atoms with Crippen LogP contribution in [0.2, 0.25) is 5.02 Å². The first kappa shape index (κ1) is 11.9. The first-order chi connectivity index (χ1) is 7.66. The number of rotatable bonds is 4. The highest BCUT2D eigenvalue weighted by Gasteiger charge is 2.39. The maximum absolute atomic E-state index is 5.94. The Bertz CT molecular complexity index is 340. The molecular formula is C14H20ClN. The quantitative estimate of drug-likeness (QED) is 0.844. The summed E-state index contributed by atoms with van der Waals surface area (Å²) >= 11 is 5.94. The summed E-state index contributed by atoms with van der Waals surface area (Å²) in [5, 5.41) is 4.24. The van der Waals surface area contributed by atoms with E-state index in [9.17, 15) is 0 Å². The van der Waals surface area contributed by atoms with E-state index in [1.807, 2.05) is 12.1 Å². The Labute approximate surface area is 103 Å². The fourth-order valence-corrected chi connectivity index (χ4v) is 2.63. The third-order valence-corrected chi connectivity index (χ3v) is 4.07. The highest BCUT2D eigenvalue weighted by molar-refractivity contribution is 6.30. The second-order valence-corrected chi connectivity index (χ2v) is 5.54. The molecule has 0 aliphatic carbocycles. The summed E-state index contributed by atoms with van der Waals surface area (Å²) in [5.74, 6) is 0.790. The van der Waals surface area contributed by atoms with Gasteiger partial charge in [0, 0.05) is 23.5 Å². The number of hydrogen-bond donors (Lipinski definition) is 1. The maximum atomic E-state index is 5.94. The van der Waals surface area contributed by atoms with Crippen molar-refractivity contribution < 1.29 is 0 Å². The molecule has 0 amide bonds. The van der Waals surface area contributed by atoms with Crippen LogP contribution in [0.1, 0.15) is 32.3 Å².